The number of halogens is 1. The standard InChI is InChI=1S/C30H28FNO3/c31-22-7-5-6-20(14-22)12-13-21-15-23-17-34-18-24(16-21)32(23)30(33)35-19-29-27-10-3-1-8-25(27)26-9-2-4-11-28(26)29/h1-11,14-15,23-24,29H,12-13,16-19H2. The maximum Gasteiger partial charge on any atom is 0.410 e. The van der Waals surface area contributed by atoms with E-state index in [-0.39, 0.29) is 29.9 Å². The Balaban J connectivity index is 1.14. The van der Waals surface area contributed by atoms with Gasteiger partial charge in [-0.05, 0) is 59.2 Å². The van der Waals surface area contributed by atoms with Crippen LogP contribution in [0.25, 0.3) is 11.1 Å². The van der Waals surface area contributed by atoms with Crippen molar-refractivity contribution >= 4 is 6.09 Å². The molecule has 0 saturated carbocycles. The van der Waals surface area contributed by atoms with Crippen molar-refractivity contribution in [3.8, 4) is 11.1 Å². The minimum absolute atomic E-state index is 0.0306. The summed E-state index contributed by atoms with van der Waals surface area (Å²) in [5, 5.41) is 0. The molecule has 0 radical (unpaired) electrons. The number of hydrogen-bond donors (Lipinski definition) is 0. The Morgan fingerprint density at radius 1 is 0.943 bits per heavy atom. The zero-order chi connectivity index (χ0) is 23.8. The van der Waals surface area contributed by atoms with E-state index < -0.39 is 0 Å². The van der Waals surface area contributed by atoms with Gasteiger partial charge in [-0.1, -0.05) is 72.3 Å². The first-order valence-electron chi connectivity index (χ1n) is 12.3. The predicted octanol–water partition coefficient (Wildman–Crippen LogP) is 6.11. The molecular formula is C30H28FNO3. The van der Waals surface area contributed by atoms with Gasteiger partial charge in [-0.3, -0.25) is 4.90 Å². The summed E-state index contributed by atoms with van der Waals surface area (Å²) in [6.07, 6.45) is 4.28. The summed E-state index contributed by atoms with van der Waals surface area (Å²) >= 11 is 0. The molecule has 3 aliphatic rings. The fourth-order valence-corrected chi connectivity index (χ4v) is 5.82. The summed E-state index contributed by atoms with van der Waals surface area (Å²) in [6.45, 7) is 1.31. The van der Waals surface area contributed by atoms with E-state index in [4.69, 9.17) is 9.47 Å². The molecule has 0 N–H and O–H groups in total. The molecule has 0 spiro atoms. The molecule has 35 heavy (non-hydrogen) atoms. The largest absolute Gasteiger partial charge is 0.448 e. The molecule has 1 saturated heterocycles. The van der Waals surface area contributed by atoms with E-state index in [1.54, 1.807) is 12.1 Å². The average Bonchev–Trinajstić information content (AvgIpc) is 3.19. The van der Waals surface area contributed by atoms with Gasteiger partial charge < -0.3 is 9.47 Å². The summed E-state index contributed by atoms with van der Waals surface area (Å²) < 4.78 is 25.2. The van der Waals surface area contributed by atoms with Crippen molar-refractivity contribution < 1.29 is 18.7 Å². The van der Waals surface area contributed by atoms with Crippen LogP contribution in [0.3, 0.4) is 0 Å². The Morgan fingerprint density at radius 3 is 2.40 bits per heavy atom. The van der Waals surface area contributed by atoms with Crippen LogP contribution >= 0.6 is 0 Å². The van der Waals surface area contributed by atoms with Crippen molar-refractivity contribution in [1.29, 1.82) is 0 Å². The highest BCUT2D eigenvalue weighted by Crippen LogP contribution is 2.44. The molecule has 2 heterocycles. The maximum absolute atomic E-state index is 13.5. The third-order valence-electron chi connectivity index (χ3n) is 7.45. The number of benzene rings is 3. The fraction of sp³-hybridized carbons (Fsp3) is 0.300. The Labute approximate surface area is 205 Å². The van der Waals surface area contributed by atoms with Gasteiger partial charge in [-0.2, -0.15) is 0 Å². The van der Waals surface area contributed by atoms with Crippen molar-refractivity contribution in [3.63, 3.8) is 0 Å². The fourth-order valence-electron chi connectivity index (χ4n) is 5.82. The number of rotatable bonds is 5. The molecule has 2 bridgehead atoms. The monoisotopic (exact) mass is 469 g/mol. The number of fused-ring (bicyclic) bond motifs is 5. The highest BCUT2D eigenvalue weighted by atomic mass is 19.1. The number of nitrogens with zero attached hydrogens (tertiary/aromatic N) is 1. The second-order valence-electron chi connectivity index (χ2n) is 9.63. The Hall–Kier alpha value is -3.44. The van der Waals surface area contributed by atoms with Gasteiger partial charge in [0.1, 0.15) is 12.4 Å². The molecule has 2 unspecified atom stereocenters. The van der Waals surface area contributed by atoms with Crippen LogP contribution in [0.4, 0.5) is 9.18 Å². The highest BCUT2D eigenvalue weighted by Gasteiger charge is 2.39. The summed E-state index contributed by atoms with van der Waals surface area (Å²) in [4.78, 5) is 15.2. The van der Waals surface area contributed by atoms with E-state index in [1.807, 2.05) is 23.1 Å². The highest BCUT2D eigenvalue weighted by molar-refractivity contribution is 5.79. The molecule has 4 nitrogen and oxygen atoms in total. The van der Waals surface area contributed by atoms with Gasteiger partial charge in [0.15, 0.2) is 0 Å². The molecule has 178 valence electrons. The lowest BCUT2D eigenvalue weighted by atomic mass is 9.91. The quantitative estimate of drug-likeness (QED) is 0.424. The molecule has 0 aromatic heterocycles. The van der Waals surface area contributed by atoms with Gasteiger partial charge >= 0.3 is 6.09 Å². The van der Waals surface area contributed by atoms with Crippen LogP contribution in [-0.2, 0) is 15.9 Å². The molecule has 3 aromatic carbocycles. The number of aryl methyl sites for hydroxylation is 1. The van der Waals surface area contributed by atoms with Gasteiger partial charge in [0.2, 0.25) is 0 Å². The number of ether oxygens (including phenoxy) is 2. The van der Waals surface area contributed by atoms with Crippen LogP contribution in [0.15, 0.2) is 84.4 Å². The van der Waals surface area contributed by atoms with Crippen LogP contribution < -0.4 is 0 Å². The minimum Gasteiger partial charge on any atom is -0.448 e. The lowest BCUT2D eigenvalue weighted by molar-refractivity contribution is -0.0365. The normalized spacial score (nSPS) is 20.7. The number of amides is 1. The first-order chi connectivity index (χ1) is 17.2. The number of carbonyl (C=O) groups excluding carboxylic acids is 1. The lowest BCUT2D eigenvalue weighted by Gasteiger charge is -2.44. The van der Waals surface area contributed by atoms with E-state index in [0.29, 0.717) is 19.8 Å². The molecule has 1 aliphatic carbocycles. The zero-order valence-corrected chi connectivity index (χ0v) is 19.5. The Morgan fingerprint density at radius 2 is 1.69 bits per heavy atom. The number of hydrogen-bond acceptors (Lipinski definition) is 3. The molecule has 2 aliphatic heterocycles. The number of carbonyl (C=O) groups is 1. The van der Waals surface area contributed by atoms with Crippen LogP contribution in [0, 0.1) is 5.82 Å². The van der Waals surface area contributed by atoms with E-state index in [2.05, 4.69) is 42.5 Å². The molecule has 6 rings (SSSR count). The van der Waals surface area contributed by atoms with Crippen LogP contribution in [0.1, 0.15) is 35.4 Å². The van der Waals surface area contributed by atoms with Gasteiger partial charge in [-0.15, -0.1) is 0 Å². The topological polar surface area (TPSA) is 38.8 Å². The zero-order valence-electron chi connectivity index (χ0n) is 19.5. The minimum atomic E-state index is -0.273. The van der Waals surface area contributed by atoms with Crippen molar-refractivity contribution in [2.45, 2.75) is 37.3 Å². The van der Waals surface area contributed by atoms with Crippen LogP contribution in [0.2, 0.25) is 0 Å². The smallest absolute Gasteiger partial charge is 0.410 e. The third kappa shape index (κ3) is 4.25. The van der Waals surface area contributed by atoms with E-state index >= 15 is 0 Å². The third-order valence-corrected chi connectivity index (χ3v) is 7.45. The summed E-state index contributed by atoms with van der Waals surface area (Å²) in [6, 6.07) is 23.3. The van der Waals surface area contributed by atoms with Gasteiger partial charge in [-0.25, -0.2) is 9.18 Å². The first kappa shape index (κ1) is 22.1. The van der Waals surface area contributed by atoms with Gasteiger partial charge in [0.25, 0.3) is 0 Å². The summed E-state index contributed by atoms with van der Waals surface area (Å²) in [5.41, 5.74) is 7.16. The molecule has 1 amide bonds. The lowest BCUT2D eigenvalue weighted by Crippen LogP contribution is -2.56. The second kappa shape index (κ2) is 9.31. The summed E-state index contributed by atoms with van der Waals surface area (Å²) in [5.74, 6) is -0.156. The molecule has 5 heteroatoms. The molecule has 1 fully saturated rings. The van der Waals surface area contributed by atoms with Gasteiger partial charge in [0.05, 0.1) is 25.3 Å². The van der Waals surface area contributed by atoms with E-state index in [0.717, 1.165) is 24.8 Å². The van der Waals surface area contributed by atoms with Crippen LogP contribution in [-0.4, -0.2) is 42.9 Å². The second-order valence-corrected chi connectivity index (χ2v) is 9.63. The van der Waals surface area contributed by atoms with E-state index in [1.165, 1.54) is 33.9 Å². The SMILES string of the molecule is O=C(OCC1c2ccccc2-c2ccccc21)N1C2C=C(CCc3cccc(F)c3)CC1COC2. The van der Waals surface area contributed by atoms with Crippen LogP contribution in [0.5, 0.6) is 0 Å². The predicted molar refractivity (Wildman–Crippen MR) is 133 cm³/mol. The summed E-state index contributed by atoms with van der Waals surface area (Å²) in [7, 11) is 0. The molecule has 2 atom stereocenters. The first-order valence-corrected chi connectivity index (χ1v) is 12.3. The van der Waals surface area contributed by atoms with Gasteiger partial charge in [0, 0.05) is 5.92 Å². The Bertz CT molecular complexity index is 1240. The van der Waals surface area contributed by atoms with Crippen molar-refractivity contribution in [2.75, 3.05) is 19.8 Å². The van der Waals surface area contributed by atoms with Crippen molar-refractivity contribution in [2.24, 2.45) is 0 Å². The number of morpholine rings is 1. The maximum atomic E-state index is 13.5. The average molecular weight is 470 g/mol. The van der Waals surface area contributed by atoms with E-state index in [9.17, 15) is 9.18 Å². The molecular weight excluding hydrogens is 441 g/mol. The molecule has 3 aromatic rings. The van der Waals surface area contributed by atoms with Crippen molar-refractivity contribution in [3.05, 3.63) is 107 Å². The Kier molecular flexibility index (Phi) is 5.86. The van der Waals surface area contributed by atoms with Crippen molar-refractivity contribution in [1.82, 2.24) is 4.90 Å².